The van der Waals surface area contributed by atoms with Gasteiger partial charge in [-0.2, -0.15) is 0 Å². The van der Waals surface area contributed by atoms with Crippen LogP contribution in [0.1, 0.15) is 6.92 Å². The number of piperazine rings is 1. The van der Waals surface area contributed by atoms with Gasteiger partial charge < -0.3 is 19.3 Å². The summed E-state index contributed by atoms with van der Waals surface area (Å²) in [5.41, 5.74) is 0. The lowest BCUT2D eigenvalue weighted by molar-refractivity contribution is -0.139. The summed E-state index contributed by atoms with van der Waals surface area (Å²) in [4.78, 5) is 27.0. The van der Waals surface area contributed by atoms with Gasteiger partial charge in [0.25, 0.3) is 5.91 Å². The van der Waals surface area contributed by atoms with Crippen molar-refractivity contribution in [3.05, 3.63) is 54.6 Å². The van der Waals surface area contributed by atoms with Gasteiger partial charge in [0, 0.05) is 33.1 Å². The minimum absolute atomic E-state index is 0.0149. The van der Waals surface area contributed by atoms with Crippen LogP contribution in [0.15, 0.2) is 54.6 Å². The number of hydrogen-bond acceptors (Lipinski definition) is 4. The molecule has 2 aromatic carbocycles. The third-order valence-electron chi connectivity index (χ3n) is 4.24. The number of carbonyl (C=O) groups excluding carboxylic acids is 2. The largest absolute Gasteiger partial charge is 0.484 e. The Labute approximate surface area is 152 Å². The average Bonchev–Trinajstić information content (AvgIpc) is 2.68. The standard InChI is InChI=1S/C20H22N2O4/c1-16(23)21-11-13-22(14-12-21)20(24)15-25-17-7-9-19(10-8-17)26-18-5-3-2-4-6-18/h2-10H,11-15H2,1H3. The molecule has 0 atom stereocenters. The van der Waals surface area contributed by atoms with Gasteiger partial charge in [0.15, 0.2) is 6.61 Å². The van der Waals surface area contributed by atoms with E-state index in [9.17, 15) is 9.59 Å². The number of amides is 2. The average molecular weight is 354 g/mol. The van der Waals surface area contributed by atoms with Gasteiger partial charge in [-0.25, -0.2) is 0 Å². The van der Waals surface area contributed by atoms with Gasteiger partial charge in [-0.3, -0.25) is 9.59 Å². The van der Waals surface area contributed by atoms with Crippen molar-refractivity contribution in [2.45, 2.75) is 6.92 Å². The molecule has 0 aliphatic carbocycles. The van der Waals surface area contributed by atoms with Crippen LogP contribution in [0.2, 0.25) is 0 Å². The van der Waals surface area contributed by atoms with Crippen molar-refractivity contribution in [1.82, 2.24) is 9.80 Å². The van der Waals surface area contributed by atoms with Crippen molar-refractivity contribution >= 4 is 11.8 Å². The van der Waals surface area contributed by atoms with E-state index >= 15 is 0 Å². The van der Waals surface area contributed by atoms with Crippen LogP contribution in [0.4, 0.5) is 0 Å². The number of ether oxygens (including phenoxy) is 2. The van der Waals surface area contributed by atoms with E-state index in [0.717, 1.165) is 5.75 Å². The SMILES string of the molecule is CC(=O)N1CCN(C(=O)COc2ccc(Oc3ccccc3)cc2)CC1. The first kappa shape index (κ1) is 17.8. The molecule has 6 heteroatoms. The third-order valence-corrected chi connectivity index (χ3v) is 4.24. The molecule has 0 unspecified atom stereocenters. The Morgan fingerprint density at radius 3 is 1.96 bits per heavy atom. The predicted molar refractivity (Wildman–Crippen MR) is 97.3 cm³/mol. The first-order chi connectivity index (χ1) is 12.6. The molecule has 0 saturated carbocycles. The highest BCUT2D eigenvalue weighted by Gasteiger charge is 2.22. The predicted octanol–water partition coefficient (Wildman–Crippen LogP) is 2.55. The maximum absolute atomic E-state index is 12.2. The summed E-state index contributed by atoms with van der Waals surface area (Å²) in [6.07, 6.45) is 0. The van der Waals surface area contributed by atoms with Crippen molar-refractivity contribution < 1.29 is 19.1 Å². The van der Waals surface area contributed by atoms with Crippen LogP contribution in [-0.2, 0) is 9.59 Å². The van der Waals surface area contributed by atoms with Crippen LogP contribution < -0.4 is 9.47 Å². The summed E-state index contributed by atoms with van der Waals surface area (Å²) in [5.74, 6) is 2.06. The third kappa shape index (κ3) is 4.75. The molecule has 1 heterocycles. The lowest BCUT2D eigenvalue weighted by Gasteiger charge is -2.34. The van der Waals surface area contributed by atoms with Crippen LogP contribution in [-0.4, -0.2) is 54.4 Å². The summed E-state index contributed by atoms with van der Waals surface area (Å²) in [5, 5.41) is 0. The van der Waals surface area contributed by atoms with E-state index in [1.165, 1.54) is 0 Å². The number of benzene rings is 2. The molecule has 1 aliphatic rings. The Kier molecular flexibility index (Phi) is 5.73. The molecule has 0 N–H and O–H groups in total. The van der Waals surface area contributed by atoms with Gasteiger partial charge >= 0.3 is 0 Å². The molecular formula is C20H22N2O4. The molecule has 136 valence electrons. The molecule has 1 aliphatic heterocycles. The summed E-state index contributed by atoms with van der Waals surface area (Å²) in [6.45, 7) is 3.78. The molecule has 3 rings (SSSR count). The second-order valence-corrected chi connectivity index (χ2v) is 6.06. The monoisotopic (exact) mass is 354 g/mol. The second kappa shape index (κ2) is 8.38. The van der Waals surface area contributed by atoms with E-state index in [2.05, 4.69) is 0 Å². The first-order valence-corrected chi connectivity index (χ1v) is 8.61. The van der Waals surface area contributed by atoms with Gasteiger partial charge in [-0.05, 0) is 36.4 Å². The Balaban J connectivity index is 1.46. The number of rotatable bonds is 5. The number of nitrogens with zero attached hydrogens (tertiary/aromatic N) is 2. The van der Waals surface area contributed by atoms with E-state index < -0.39 is 0 Å². The van der Waals surface area contributed by atoms with Crippen LogP contribution >= 0.6 is 0 Å². The van der Waals surface area contributed by atoms with Crippen LogP contribution in [0.5, 0.6) is 17.2 Å². The normalized spacial score (nSPS) is 14.0. The molecule has 2 aromatic rings. The number of carbonyl (C=O) groups is 2. The number of hydrogen-bond donors (Lipinski definition) is 0. The number of para-hydroxylation sites is 1. The minimum atomic E-state index is -0.0715. The van der Waals surface area contributed by atoms with Crippen LogP contribution in [0.3, 0.4) is 0 Å². The van der Waals surface area contributed by atoms with E-state index in [1.807, 2.05) is 30.3 Å². The Morgan fingerprint density at radius 1 is 0.808 bits per heavy atom. The zero-order valence-electron chi connectivity index (χ0n) is 14.8. The fourth-order valence-electron chi connectivity index (χ4n) is 2.74. The Hall–Kier alpha value is -3.02. The zero-order chi connectivity index (χ0) is 18.4. The van der Waals surface area contributed by atoms with Crippen LogP contribution in [0.25, 0.3) is 0 Å². The molecule has 1 fully saturated rings. The van der Waals surface area contributed by atoms with Crippen molar-refractivity contribution in [3.8, 4) is 17.2 Å². The molecule has 26 heavy (non-hydrogen) atoms. The maximum atomic E-state index is 12.2. The molecule has 6 nitrogen and oxygen atoms in total. The van der Waals surface area contributed by atoms with Gasteiger partial charge in [0.2, 0.25) is 5.91 Å². The highest BCUT2D eigenvalue weighted by Crippen LogP contribution is 2.23. The van der Waals surface area contributed by atoms with Gasteiger partial charge in [0.05, 0.1) is 0 Å². The maximum Gasteiger partial charge on any atom is 0.260 e. The fourth-order valence-corrected chi connectivity index (χ4v) is 2.74. The Morgan fingerprint density at radius 2 is 1.35 bits per heavy atom. The molecule has 0 spiro atoms. The van der Waals surface area contributed by atoms with E-state index in [4.69, 9.17) is 9.47 Å². The molecule has 2 amide bonds. The highest BCUT2D eigenvalue weighted by molar-refractivity contribution is 5.78. The summed E-state index contributed by atoms with van der Waals surface area (Å²) in [7, 11) is 0. The highest BCUT2D eigenvalue weighted by atomic mass is 16.5. The van der Waals surface area contributed by atoms with E-state index in [1.54, 1.807) is 41.0 Å². The van der Waals surface area contributed by atoms with Crippen LogP contribution in [0, 0.1) is 0 Å². The first-order valence-electron chi connectivity index (χ1n) is 8.61. The minimum Gasteiger partial charge on any atom is -0.484 e. The summed E-state index contributed by atoms with van der Waals surface area (Å²) < 4.78 is 11.3. The second-order valence-electron chi connectivity index (χ2n) is 6.06. The molecule has 1 saturated heterocycles. The van der Waals surface area contributed by atoms with Crippen molar-refractivity contribution in [1.29, 1.82) is 0 Å². The lowest BCUT2D eigenvalue weighted by atomic mass is 10.3. The van der Waals surface area contributed by atoms with E-state index in [0.29, 0.717) is 37.7 Å². The van der Waals surface area contributed by atoms with Gasteiger partial charge in [0.1, 0.15) is 17.2 Å². The van der Waals surface area contributed by atoms with Crippen molar-refractivity contribution in [2.24, 2.45) is 0 Å². The van der Waals surface area contributed by atoms with Gasteiger partial charge in [-0.15, -0.1) is 0 Å². The molecular weight excluding hydrogens is 332 g/mol. The van der Waals surface area contributed by atoms with Gasteiger partial charge in [-0.1, -0.05) is 18.2 Å². The lowest BCUT2D eigenvalue weighted by Crippen LogP contribution is -2.51. The fraction of sp³-hybridized carbons (Fsp3) is 0.300. The smallest absolute Gasteiger partial charge is 0.260 e. The zero-order valence-corrected chi connectivity index (χ0v) is 14.8. The van der Waals surface area contributed by atoms with E-state index in [-0.39, 0.29) is 18.4 Å². The molecule has 0 bridgehead atoms. The van der Waals surface area contributed by atoms with Crippen molar-refractivity contribution in [2.75, 3.05) is 32.8 Å². The summed E-state index contributed by atoms with van der Waals surface area (Å²) in [6, 6.07) is 16.7. The quantitative estimate of drug-likeness (QED) is 0.828. The summed E-state index contributed by atoms with van der Waals surface area (Å²) >= 11 is 0. The Bertz CT molecular complexity index is 738. The van der Waals surface area contributed by atoms with Crippen molar-refractivity contribution in [3.63, 3.8) is 0 Å². The topological polar surface area (TPSA) is 59.1 Å². The molecule has 0 aromatic heterocycles. The molecule has 0 radical (unpaired) electrons.